The maximum absolute atomic E-state index is 12.8. The van der Waals surface area contributed by atoms with Crippen molar-refractivity contribution >= 4 is 5.91 Å². The molecule has 3 heterocycles. The van der Waals surface area contributed by atoms with Gasteiger partial charge in [0.25, 0.3) is 0 Å². The average molecular weight is 330 g/mol. The molecule has 0 saturated carbocycles. The molecule has 4 rings (SSSR count). The Labute approximate surface area is 143 Å². The summed E-state index contributed by atoms with van der Waals surface area (Å²) in [5.74, 6) is 0.290. The summed E-state index contributed by atoms with van der Waals surface area (Å²) in [5.41, 5.74) is 2.70. The Bertz CT molecular complexity index is 600. The largest absolute Gasteiger partial charge is 0.378 e. The Morgan fingerprint density at radius 2 is 2.00 bits per heavy atom. The first-order valence-electron chi connectivity index (χ1n) is 8.99. The van der Waals surface area contributed by atoms with Gasteiger partial charge in [-0.1, -0.05) is 24.3 Å². The minimum Gasteiger partial charge on any atom is -0.378 e. The summed E-state index contributed by atoms with van der Waals surface area (Å²) < 4.78 is 11.5. The van der Waals surface area contributed by atoms with E-state index in [1.54, 1.807) is 0 Å². The monoisotopic (exact) mass is 330 g/mol. The van der Waals surface area contributed by atoms with Crippen LogP contribution in [0.25, 0.3) is 0 Å². The molecule has 0 aliphatic carbocycles. The van der Waals surface area contributed by atoms with Gasteiger partial charge in [-0.2, -0.15) is 0 Å². The molecular formula is C19H26N2O3. The van der Waals surface area contributed by atoms with E-state index in [9.17, 15) is 4.79 Å². The topological polar surface area (TPSA) is 42.0 Å². The predicted molar refractivity (Wildman–Crippen MR) is 90.6 cm³/mol. The fourth-order valence-electron chi connectivity index (χ4n) is 4.17. The normalized spacial score (nSPS) is 30.5. The van der Waals surface area contributed by atoms with Crippen LogP contribution in [-0.2, 0) is 20.8 Å². The second-order valence-corrected chi connectivity index (χ2v) is 7.20. The van der Waals surface area contributed by atoms with Crippen LogP contribution >= 0.6 is 0 Å². The van der Waals surface area contributed by atoms with Gasteiger partial charge in [0.05, 0.1) is 31.3 Å². The first-order chi connectivity index (χ1) is 11.7. The van der Waals surface area contributed by atoms with Crippen molar-refractivity contribution in [2.75, 3.05) is 39.4 Å². The minimum atomic E-state index is 0.0231. The number of morpholine rings is 2. The van der Waals surface area contributed by atoms with E-state index in [1.165, 1.54) is 11.1 Å². The Hall–Kier alpha value is -1.43. The zero-order valence-electron chi connectivity index (χ0n) is 14.3. The van der Waals surface area contributed by atoms with E-state index in [1.807, 2.05) is 4.90 Å². The molecule has 24 heavy (non-hydrogen) atoms. The number of rotatable bonds is 3. The van der Waals surface area contributed by atoms with Gasteiger partial charge in [-0.05, 0) is 24.5 Å². The van der Waals surface area contributed by atoms with Crippen LogP contribution in [0.15, 0.2) is 24.3 Å². The van der Waals surface area contributed by atoms with Gasteiger partial charge >= 0.3 is 0 Å². The summed E-state index contributed by atoms with van der Waals surface area (Å²) in [6, 6.07) is 8.54. The van der Waals surface area contributed by atoms with E-state index in [4.69, 9.17) is 9.47 Å². The van der Waals surface area contributed by atoms with Crippen molar-refractivity contribution in [1.82, 2.24) is 9.80 Å². The van der Waals surface area contributed by atoms with Crippen molar-refractivity contribution in [1.29, 1.82) is 0 Å². The Balaban J connectivity index is 1.40. The van der Waals surface area contributed by atoms with Gasteiger partial charge in [0, 0.05) is 32.7 Å². The summed E-state index contributed by atoms with van der Waals surface area (Å²) in [4.78, 5) is 17.2. The van der Waals surface area contributed by atoms with Gasteiger partial charge in [-0.15, -0.1) is 0 Å². The number of carbonyl (C=O) groups is 1. The third-order valence-electron chi connectivity index (χ3n) is 5.53. The summed E-state index contributed by atoms with van der Waals surface area (Å²) in [7, 11) is 0. The molecule has 3 aliphatic rings. The number of ether oxygens (including phenoxy) is 2. The van der Waals surface area contributed by atoms with Gasteiger partial charge in [0.1, 0.15) is 0 Å². The lowest BCUT2D eigenvalue weighted by atomic mass is 9.98. The van der Waals surface area contributed by atoms with Crippen molar-refractivity contribution in [2.45, 2.75) is 32.1 Å². The molecule has 130 valence electrons. The molecule has 3 atom stereocenters. The van der Waals surface area contributed by atoms with Crippen LogP contribution in [0.2, 0.25) is 0 Å². The molecule has 3 aliphatic heterocycles. The molecule has 1 amide bonds. The molecule has 1 aromatic carbocycles. The molecule has 2 bridgehead atoms. The number of fused-ring (bicyclic) bond motifs is 2. The van der Waals surface area contributed by atoms with E-state index in [2.05, 4.69) is 36.1 Å². The highest BCUT2D eigenvalue weighted by molar-refractivity contribution is 5.80. The number of carbonyl (C=O) groups excluding carboxylic acids is 1. The molecule has 3 fully saturated rings. The second-order valence-electron chi connectivity index (χ2n) is 7.20. The standard InChI is InChI=1S/C19H26N2O3/c1-14-4-2-3-5-15(14)11-20-12-16-10-17(18(13-20)24-16)19(22)21-6-8-23-9-7-21/h2-5,16-18H,6-13H2,1H3/t16-,17+,18-/m1/s1. The van der Waals surface area contributed by atoms with Gasteiger partial charge in [0.15, 0.2) is 0 Å². The third kappa shape index (κ3) is 3.21. The molecule has 0 aromatic heterocycles. The Morgan fingerprint density at radius 1 is 1.21 bits per heavy atom. The smallest absolute Gasteiger partial charge is 0.228 e. The van der Waals surface area contributed by atoms with Crippen LogP contribution in [0.3, 0.4) is 0 Å². The SMILES string of the molecule is Cc1ccccc1CN1C[C@H]2C[C@H](C(=O)N3CCOCC3)[C@@H](C1)O2. The lowest BCUT2D eigenvalue weighted by Crippen LogP contribution is -2.48. The second kappa shape index (κ2) is 6.82. The number of likely N-dealkylation sites (tertiary alicyclic amines) is 1. The lowest BCUT2D eigenvalue weighted by Gasteiger charge is -2.34. The highest BCUT2D eigenvalue weighted by atomic mass is 16.5. The van der Waals surface area contributed by atoms with E-state index in [-0.39, 0.29) is 24.0 Å². The fraction of sp³-hybridized carbons (Fsp3) is 0.632. The molecule has 0 radical (unpaired) electrons. The molecule has 0 spiro atoms. The number of amides is 1. The van der Waals surface area contributed by atoms with Crippen LogP contribution in [0.5, 0.6) is 0 Å². The quantitative estimate of drug-likeness (QED) is 0.841. The fourth-order valence-corrected chi connectivity index (χ4v) is 4.17. The molecule has 1 aromatic rings. The van der Waals surface area contributed by atoms with E-state index < -0.39 is 0 Å². The highest BCUT2D eigenvalue weighted by Gasteiger charge is 2.45. The Morgan fingerprint density at radius 3 is 2.79 bits per heavy atom. The summed E-state index contributed by atoms with van der Waals surface area (Å²) in [6.07, 6.45) is 1.11. The van der Waals surface area contributed by atoms with Crippen molar-refractivity contribution in [2.24, 2.45) is 5.92 Å². The lowest BCUT2D eigenvalue weighted by molar-refractivity contribution is -0.142. The van der Waals surface area contributed by atoms with Crippen molar-refractivity contribution in [3.05, 3.63) is 35.4 Å². The zero-order valence-corrected chi connectivity index (χ0v) is 14.3. The number of aryl methyl sites for hydroxylation is 1. The summed E-state index contributed by atoms with van der Waals surface area (Å²) >= 11 is 0. The number of hydrogen-bond donors (Lipinski definition) is 0. The van der Waals surface area contributed by atoms with Gasteiger partial charge in [0.2, 0.25) is 5.91 Å². The van der Waals surface area contributed by atoms with Crippen LogP contribution < -0.4 is 0 Å². The maximum Gasteiger partial charge on any atom is 0.228 e. The Kier molecular flexibility index (Phi) is 4.57. The van der Waals surface area contributed by atoms with Gasteiger partial charge < -0.3 is 14.4 Å². The van der Waals surface area contributed by atoms with E-state index in [0.29, 0.717) is 13.2 Å². The summed E-state index contributed by atoms with van der Waals surface area (Å²) in [5, 5.41) is 0. The molecule has 0 unspecified atom stereocenters. The minimum absolute atomic E-state index is 0.0231. The van der Waals surface area contributed by atoms with E-state index >= 15 is 0 Å². The first-order valence-corrected chi connectivity index (χ1v) is 8.99. The summed E-state index contributed by atoms with van der Waals surface area (Å²) in [6.45, 7) is 7.65. The third-order valence-corrected chi connectivity index (χ3v) is 5.53. The molecule has 5 heteroatoms. The zero-order chi connectivity index (χ0) is 16.5. The molecule has 5 nitrogen and oxygen atoms in total. The average Bonchev–Trinajstić information content (AvgIpc) is 2.91. The van der Waals surface area contributed by atoms with Crippen LogP contribution in [0, 0.1) is 12.8 Å². The first kappa shape index (κ1) is 16.1. The number of benzene rings is 1. The number of nitrogens with zero attached hydrogens (tertiary/aromatic N) is 2. The van der Waals surface area contributed by atoms with E-state index in [0.717, 1.165) is 39.1 Å². The molecule has 3 saturated heterocycles. The predicted octanol–water partition coefficient (Wildman–Crippen LogP) is 1.44. The van der Waals surface area contributed by atoms with Crippen LogP contribution in [-0.4, -0.2) is 67.3 Å². The van der Waals surface area contributed by atoms with Gasteiger partial charge in [-0.3, -0.25) is 9.69 Å². The van der Waals surface area contributed by atoms with Crippen LogP contribution in [0.1, 0.15) is 17.5 Å². The van der Waals surface area contributed by atoms with Crippen molar-refractivity contribution < 1.29 is 14.3 Å². The molecule has 0 N–H and O–H groups in total. The highest BCUT2D eigenvalue weighted by Crippen LogP contribution is 2.34. The van der Waals surface area contributed by atoms with Gasteiger partial charge in [-0.25, -0.2) is 0 Å². The van der Waals surface area contributed by atoms with Crippen molar-refractivity contribution in [3.63, 3.8) is 0 Å². The number of hydrogen-bond acceptors (Lipinski definition) is 4. The molecular weight excluding hydrogens is 304 g/mol. The van der Waals surface area contributed by atoms with Crippen LogP contribution in [0.4, 0.5) is 0 Å². The maximum atomic E-state index is 12.8. The van der Waals surface area contributed by atoms with Crippen molar-refractivity contribution in [3.8, 4) is 0 Å².